The van der Waals surface area contributed by atoms with E-state index in [0.717, 1.165) is 67.1 Å². The third-order valence-corrected chi connectivity index (χ3v) is 6.41. The first-order chi connectivity index (χ1) is 14.7. The molecule has 0 N–H and O–H groups in total. The van der Waals surface area contributed by atoms with E-state index in [0.29, 0.717) is 6.54 Å². The molecule has 3 heterocycles. The van der Waals surface area contributed by atoms with Crippen LogP contribution < -0.4 is 4.74 Å². The van der Waals surface area contributed by atoms with Crippen molar-refractivity contribution in [2.45, 2.75) is 57.9 Å². The van der Waals surface area contributed by atoms with Crippen LogP contribution in [0.25, 0.3) is 11.0 Å². The second-order valence-electron chi connectivity index (χ2n) is 8.31. The van der Waals surface area contributed by atoms with Gasteiger partial charge in [-0.3, -0.25) is 4.79 Å². The second-order valence-corrected chi connectivity index (χ2v) is 8.31. The zero-order valence-electron chi connectivity index (χ0n) is 17.5. The van der Waals surface area contributed by atoms with Crippen molar-refractivity contribution in [3.8, 4) is 5.75 Å². The van der Waals surface area contributed by atoms with Crippen molar-refractivity contribution in [3.05, 3.63) is 41.7 Å². The molecule has 158 valence electrons. The molecule has 1 aliphatic carbocycles. The maximum Gasteiger partial charge on any atom is 0.260 e. The fourth-order valence-corrected chi connectivity index (χ4v) is 4.81. The fourth-order valence-electron chi connectivity index (χ4n) is 4.81. The number of rotatable bonds is 5. The van der Waals surface area contributed by atoms with E-state index >= 15 is 0 Å². The molecule has 1 amide bonds. The lowest BCUT2D eigenvalue weighted by Gasteiger charge is -2.32. The number of piperidine rings is 1. The van der Waals surface area contributed by atoms with Crippen LogP contribution in [0.5, 0.6) is 5.75 Å². The summed E-state index contributed by atoms with van der Waals surface area (Å²) < 4.78 is 13.9. The first-order valence-electron chi connectivity index (χ1n) is 11.1. The zero-order chi connectivity index (χ0) is 20.5. The molecule has 1 aliphatic heterocycles. The SMILES string of the molecule is CCn1cnnc1C1CCCN(C(=O)COc2ccc3oc4c(c3c2)CCCC4)C1. The monoisotopic (exact) mass is 408 g/mol. The van der Waals surface area contributed by atoms with E-state index in [-0.39, 0.29) is 18.4 Å². The van der Waals surface area contributed by atoms with Gasteiger partial charge in [-0.1, -0.05) is 0 Å². The van der Waals surface area contributed by atoms with Crippen LogP contribution in [-0.4, -0.2) is 45.3 Å². The molecule has 0 spiro atoms. The number of aromatic nitrogens is 3. The van der Waals surface area contributed by atoms with E-state index in [1.54, 1.807) is 6.33 Å². The van der Waals surface area contributed by atoms with Gasteiger partial charge in [0.25, 0.3) is 5.91 Å². The third kappa shape index (κ3) is 3.57. The molecule has 2 aromatic heterocycles. The summed E-state index contributed by atoms with van der Waals surface area (Å²) in [5.74, 6) is 3.08. The predicted octanol–water partition coefficient (Wildman–Crippen LogP) is 3.71. The Labute approximate surface area is 176 Å². The summed E-state index contributed by atoms with van der Waals surface area (Å²) in [7, 11) is 0. The number of ether oxygens (including phenoxy) is 1. The normalized spacial score (nSPS) is 19.1. The van der Waals surface area contributed by atoms with Crippen LogP contribution in [0, 0.1) is 0 Å². The lowest BCUT2D eigenvalue weighted by molar-refractivity contribution is -0.134. The summed E-state index contributed by atoms with van der Waals surface area (Å²) >= 11 is 0. The predicted molar refractivity (Wildman–Crippen MR) is 113 cm³/mol. The molecule has 0 saturated carbocycles. The minimum Gasteiger partial charge on any atom is -0.484 e. The number of hydrogen-bond acceptors (Lipinski definition) is 5. The molecule has 1 atom stereocenters. The summed E-state index contributed by atoms with van der Waals surface area (Å²) in [6, 6.07) is 5.88. The molecule has 30 heavy (non-hydrogen) atoms. The van der Waals surface area contributed by atoms with Gasteiger partial charge in [0.15, 0.2) is 6.61 Å². The van der Waals surface area contributed by atoms with Crippen LogP contribution in [0.1, 0.15) is 55.7 Å². The van der Waals surface area contributed by atoms with Crippen LogP contribution in [0.15, 0.2) is 28.9 Å². The summed E-state index contributed by atoms with van der Waals surface area (Å²) in [4.78, 5) is 14.7. The Morgan fingerprint density at radius 3 is 3.07 bits per heavy atom. The van der Waals surface area contributed by atoms with Crippen molar-refractivity contribution in [2.24, 2.45) is 0 Å². The first kappa shape index (κ1) is 19.2. The van der Waals surface area contributed by atoms with Crippen LogP contribution in [0.2, 0.25) is 0 Å². The second kappa shape index (κ2) is 8.13. The maximum absolute atomic E-state index is 12.8. The Bertz CT molecular complexity index is 1050. The van der Waals surface area contributed by atoms with Crippen LogP contribution in [0.4, 0.5) is 0 Å². The van der Waals surface area contributed by atoms with Gasteiger partial charge in [0.2, 0.25) is 0 Å². The van der Waals surface area contributed by atoms with Gasteiger partial charge in [-0.2, -0.15) is 0 Å². The molecule has 0 bridgehead atoms. The van der Waals surface area contributed by atoms with Gasteiger partial charge < -0.3 is 18.6 Å². The largest absolute Gasteiger partial charge is 0.484 e. The Morgan fingerprint density at radius 2 is 2.17 bits per heavy atom. The number of aryl methyl sites for hydroxylation is 3. The molecular weight excluding hydrogens is 380 g/mol. The maximum atomic E-state index is 12.8. The molecule has 7 nitrogen and oxygen atoms in total. The highest BCUT2D eigenvalue weighted by Crippen LogP contribution is 2.34. The Balaban J connectivity index is 1.24. The number of fused-ring (bicyclic) bond motifs is 3. The third-order valence-electron chi connectivity index (χ3n) is 6.41. The minimum atomic E-state index is 0.0246. The molecule has 1 aromatic carbocycles. The number of nitrogens with zero attached hydrogens (tertiary/aromatic N) is 4. The zero-order valence-corrected chi connectivity index (χ0v) is 17.5. The van der Waals surface area contributed by atoms with Gasteiger partial charge in [0.1, 0.15) is 29.2 Å². The number of hydrogen-bond donors (Lipinski definition) is 0. The van der Waals surface area contributed by atoms with Crippen molar-refractivity contribution < 1.29 is 13.9 Å². The molecule has 0 radical (unpaired) electrons. The van der Waals surface area contributed by atoms with E-state index in [1.807, 2.05) is 23.1 Å². The van der Waals surface area contributed by atoms with Gasteiger partial charge in [-0.05, 0) is 57.2 Å². The number of benzene rings is 1. The molecule has 2 aliphatic rings. The number of furan rings is 1. The number of likely N-dealkylation sites (tertiary alicyclic amines) is 1. The summed E-state index contributed by atoms with van der Waals surface area (Å²) in [6.07, 6.45) is 8.24. The lowest BCUT2D eigenvalue weighted by atomic mass is 9.96. The van der Waals surface area contributed by atoms with E-state index in [2.05, 4.69) is 21.7 Å². The van der Waals surface area contributed by atoms with E-state index < -0.39 is 0 Å². The summed E-state index contributed by atoms with van der Waals surface area (Å²) in [5, 5.41) is 9.47. The van der Waals surface area contributed by atoms with Gasteiger partial charge in [0.05, 0.1) is 0 Å². The highest BCUT2D eigenvalue weighted by atomic mass is 16.5. The molecular formula is C23H28N4O3. The van der Waals surface area contributed by atoms with Gasteiger partial charge >= 0.3 is 0 Å². The van der Waals surface area contributed by atoms with E-state index in [4.69, 9.17) is 9.15 Å². The minimum absolute atomic E-state index is 0.0246. The van der Waals surface area contributed by atoms with Crippen LogP contribution in [0.3, 0.4) is 0 Å². The lowest BCUT2D eigenvalue weighted by Crippen LogP contribution is -2.42. The number of carbonyl (C=O) groups excluding carboxylic acids is 1. The standard InChI is InChI=1S/C23H28N4O3/c1-2-26-15-24-25-23(26)16-6-5-11-27(13-16)22(28)14-29-17-9-10-21-19(12-17)18-7-3-4-8-20(18)30-21/h9-10,12,15-16H,2-8,11,13-14H2,1H3. The molecule has 1 saturated heterocycles. The van der Waals surface area contributed by atoms with E-state index in [9.17, 15) is 4.79 Å². The van der Waals surface area contributed by atoms with Crippen molar-refractivity contribution in [1.82, 2.24) is 19.7 Å². The van der Waals surface area contributed by atoms with Crippen LogP contribution >= 0.6 is 0 Å². The molecule has 5 rings (SSSR count). The average molecular weight is 409 g/mol. The van der Waals surface area contributed by atoms with Crippen molar-refractivity contribution in [2.75, 3.05) is 19.7 Å². The van der Waals surface area contributed by atoms with Gasteiger partial charge in [0, 0.05) is 42.9 Å². The Morgan fingerprint density at radius 1 is 1.27 bits per heavy atom. The van der Waals surface area contributed by atoms with Crippen molar-refractivity contribution in [1.29, 1.82) is 0 Å². The quantitative estimate of drug-likeness (QED) is 0.643. The highest BCUT2D eigenvalue weighted by molar-refractivity contribution is 5.84. The number of carbonyl (C=O) groups is 1. The summed E-state index contributed by atoms with van der Waals surface area (Å²) in [6.45, 7) is 4.43. The molecule has 1 fully saturated rings. The molecule has 7 heteroatoms. The average Bonchev–Trinajstić information content (AvgIpc) is 3.41. The molecule has 1 unspecified atom stereocenters. The van der Waals surface area contributed by atoms with Crippen molar-refractivity contribution >= 4 is 16.9 Å². The fraction of sp³-hybridized carbons (Fsp3) is 0.522. The molecule has 3 aromatic rings. The highest BCUT2D eigenvalue weighted by Gasteiger charge is 2.28. The van der Waals surface area contributed by atoms with Crippen molar-refractivity contribution in [3.63, 3.8) is 0 Å². The number of amides is 1. The topological polar surface area (TPSA) is 73.4 Å². The summed E-state index contributed by atoms with van der Waals surface area (Å²) in [5.41, 5.74) is 2.23. The first-order valence-corrected chi connectivity index (χ1v) is 11.1. The van der Waals surface area contributed by atoms with E-state index in [1.165, 1.54) is 18.4 Å². The Hall–Kier alpha value is -2.83. The van der Waals surface area contributed by atoms with Gasteiger partial charge in [-0.25, -0.2) is 0 Å². The Kier molecular flexibility index (Phi) is 5.19. The van der Waals surface area contributed by atoms with Crippen LogP contribution in [-0.2, 0) is 24.2 Å². The smallest absolute Gasteiger partial charge is 0.260 e. The van der Waals surface area contributed by atoms with Gasteiger partial charge in [-0.15, -0.1) is 10.2 Å².